The fourth-order valence-electron chi connectivity index (χ4n) is 2.14. The molecule has 1 saturated carbocycles. The first-order valence-corrected chi connectivity index (χ1v) is 6.22. The molecule has 0 aliphatic heterocycles. The van der Waals surface area contributed by atoms with Gasteiger partial charge in [0.25, 0.3) is 0 Å². The van der Waals surface area contributed by atoms with Crippen molar-refractivity contribution < 1.29 is 0 Å². The van der Waals surface area contributed by atoms with Crippen molar-refractivity contribution >= 4 is 23.0 Å². The largest absolute Gasteiger partial charge is 0.358 e. The molecule has 0 radical (unpaired) electrons. The third-order valence-corrected chi connectivity index (χ3v) is 3.25. The minimum atomic E-state index is 0.0884. The third-order valence-electron chi connectivity index (χ3n) is 3.03. The number of para-hydroxylation sites is 1. The van der Waals surface area contributed by atoms with Crippen molar-refractivity contribution in [1.29, 1.82) is 5.26 Å². The first-order valence-electron chi connectivity index (χ1n) is 5.82. The van der Waals surface area contributed by atoms with E-state index in [4.69, 9.17) is 17.5 Å². The molecule has 17 heavy (non-hydrogen) atoms. The SMILES string of the molecule is N#C[C@H]1CCC[C@H]1NC(=S)Nc1ccccc1. The Balaban J connectivity index is 1.88. The standard InChI is InChI=1S/C13H15N3S/c14-9-10-5-4-8-12(10)16-13(17)15-11-6-2-1-3-7-11/h1-3,6-7,10,12H,4-5,8H2,(H2,15,16,17)/t10-,12-/m1/s1. The zero-order valence-corrected chi connectivity index (χ0v) is 10.3. The first kappa shape index (κ1) is 11.9. The lowest BCUT2D eigenvalue weighted by Crippen LogP contribution is -2.39. The quantitative estimate of drug-likeness (QED) is 0.786. The fraction of sp³-hybridized carbons (Fsp3) is 0.385. The van der Waals surface area contributed by atoms with Crippen LogP contribution in [0.5, 0.6) is 0 Å². The van der Waals surface area contributed by atoms with Crippen LogP contribution < -0.4 is 10.6 Å². The van der Waals surface area contributed by atoms with Crippen LogP contribution in [0.25, 0.3) is 0 Å². The Morgan fingerprint density at radius 3 is 2.76 bits per heavy atom. The highest BCUT2D eigenvalue weighted by Crippen LogP contribution is 2.24. The van der Waals surface area contributed by atoms with Gasteiger partial charge in [0.05, 0.1) is 12.0 Å². The number of anilines is 1. The Labute approximate surface area is 107 Å². The van der Waals surface area contributed by atoms with Crippen molar-refractivity contribution in [2.24, 2.45) is 5.92 Å². The van der Waals surface area contributed by atoms with Crippen molar-refractivity contribution in [3.05, 3.63) is 30.3 Å². The highest BCUT2D eigenvalue weighted by atomic mass is 32.1. The van der Waals surface area contributed by atoms with Gasteiger partial charge in [0.15, 0.2) is 5.11 Å². The number of benzene rings is 1. The molecule has 1 aliphatic rings. The lowest BCUT2D eigenvalue weighted by molar-refractivity contribution is 0.544. The van der Waals surface area contributed by atoms with Gasteiger partial charge in [0.1, 0.15) is 0 Å². The molecule has 0 unspecified atom stereocenters. The van der Waals surface area contributed by atoms with Crippen LogP contribution in [0.3, 0.4) is 0 Å². The molecule has 0 amide bonds. The second kappa shape index (κ2) is 5.65. The molecule has 0 saturated heterocycles. The van der Waals surface area contributed by atoms with Crippen molar-refractivity contribution in [2.45, 2.75) is 25.3 Å². The summed E-state index contributed by atoms with van der Waals surface area (Å²) in [5.74, 6) is 0.0884. The topological polar surface area (TPSA) is 47.9 Å². The monoisotopic (exact) mass is 245 g/mol. The van der Waals surface area contributed by atoms with E-state index in [1.807, 2.05) is 30.3 Å². The van der Waals surface area contributed by atoms with Gasteiger partial charge in [0.2, 0.25) is 0 Å². The average molecular weight is 245 g/mol. The van der Waals surface area contributed by atoms with Crippen molar-refractivity contribution in [1.82, 2.24) is 5.32 Å². The van der Waals surface area contributed by atoms with E-state index in [0.717, 1.165) is 24.9 Å². The third kappa shape index (κ3) is 3.18. The Morgan fingerprint density at radius 1 is 1.29 bits per heavy atom. The van der Waals surface area contributed by atoms with Crippen LogP contribution in [0.4, 0.5) is 5.69 Å². The Hall–Kier alpha value is -1.60. The summed E-state index contributed by atoms with van der Waals surface area (Å²) in [4.78, 5) is 0. The Bertz CT molecular complexity index is 424. The molecule has 1 aromatic carbocycles. The zero-order valence-electron chi connectivity index (χ0n) is 9.52. The van der Waals surface area contributed by atoms with Crippen molar-refractivity contribution in [3.63, 3.8) is 0 Å². The second-order valence-electron chi connectivity index (χ2n) is 4.24. The predicted molar refractivity (Wildman–Crippen MR) is 72.5 cm³/mol. The minimum absolute atomic E-state index is 0.0884. The van der Waals surface area contributed by atoms with Gasteiger partial charge in [-0.1, -0.05) is 18.2 Å². The number of nitrogens with zero attached hydrogens (tertiary/aromatic N) is 1. The van der Waals surface area contributed by atoms with Gasteiger partial charge in [-0.3, -0.25) is 0 Å². The van der Waals surface area contributed by atoms with Crippen LogP contribution >= 0.6 is 12.2 Å². The summed E-state index contributed by atoms with van der Waals surface area (Å²) in [6.45, 7) is 0. The summed E-state index contributed by atoms with van der Waals surface area (Å²) < 4.78 is 0. The van der Waals surface area contributed by atoms with E-state index in [2.05, 4.69) is 16.7 Å². The van der Waals surface area contributed by atoms with Gasteiger partial charge in [-0.05, 0) is 43.6 Å². The second-order valence-corrected chi connectivity index (χ2v) is 4.65. The van der Waals surface area contributed by atoms with E-state index in [9.17, 15) is 0 Å². The fourth-order valence-corrected chi connectivity index (χ4v) is 2.41. The van der Waals surface area contributed by atoms with Gasteiger partial charge in [-0.25, -0.2) is 0 Å². The zero-order chi connectivity index (χ0) is 12.1. The molecule has 2 rings (SSSR count). The van der Waals surface area contributed by atoms with Gasteiger partial charge in [0, 0.05) is 11.7 Å². The summed E-state index contributed by atoms with van der Waals surface area (Å²) >= 11 is 5.24. The molecule has 1 aliphatic carbocycles. The highest BCUT2D eigenvalue weighted by molar-refractivity contribution is 7.80. The number of hydrogen-bond donors (Lipinski definition) is 2. The summed E-state index contributed by atoms with van der Waals surface area (Å²) in [6.07, 6.45) is 3.10. The first-order chi connectivity index (χ1) is 8.29. The predicted octanol–water partition coefficient (Wildman–Crippen LogP) is 2.67. The van der Waals surface area contributed by atoms with Gasteiger partial charge in [-0.15, -0.1) is 0 Å². The lowest BCUT2D eigenvalue weighted by atomic mass is 10.1. The number of rotatable bonds is 2. The van der Waals surface area contributed by atoms with Crippen LogP contribution in [0, 0.1) is 17.2 Å². The van der Waals surface area contributed by atoms with Gasteiger partial charge >= 0.3 is 0 Å². The Kier molecular flexibility index (Phi) is 3.94. The van der Waals surface area contributed by atoms with E-state index < -0.39 is 0 Å². The number of nitriles is 1. The lowest BCUT2D eigenvalue weighted by Gasteiger charge is -2.18. The van der Waals surface area contributed by atoms with Crippen LogP contribution in [-0.4, -0.2) is 11.2 Å². The molecule has 1 fully saturated rings. The summed E-state index contributed by atoms with van der Waals surface area (Å²) in [5, 5.41) is 15.9. The van der Waals surface area contributed by atoms with E-state index >= 15 is 0 Å². The molecular weight excluding hydrogens is 230 g/mol. The average Bonchev–Trinajstić information content (AvgIpc) is 2.77. The van der Waals surface area contributed by atoms with Crippen LogP contribution in [-0.2, 0) is 0 Å². The maximum absolute atomic E-state index is 8.99. The smallest absolute Gasteiger partial charge is 0.171 e. The molecular formula is C13H15N3S. The molecule has 2 atom stereocenters. The summed E-state index contributed by atoms with van der Waals surface area (Å²) in [6, 6.07) is 12.3. The molecule has 0 aromatic heterocycles. The molecule has 2 N–H and O–H groups in total. The van der Waals surface area contributed by atoms with E-state index in [-0.39, 0.29) is 12.0 Å². The maximum Gasteiger partial charge on any atom is 0.171 e. The minimum Gasteiger partial charge on any atom is -0.358 e. The normalized spacial score (nSPS) is 22.8. The molecule has 0 bridgehead atoms. The number of hydrogen-bond acceptors (Lipinski definition) is 2. The molecule has 0 spiro atoms. The number of thiocarbonyl (C=S) groups is 1. The number of nitrogens with one attached hydrogen (secondary N) is 2. The van der Waals surface area contributed by atoms with E-state index in [0.29, 0.717) is 5.11 Å². The molecule has 4 heteroatoms. The molecule has 3 nitrogen and oxygen atoms in total. The summed E-state index contributed by atoms with van der Waals surface area (Å²) in [5.41, 5.74) is 0.969. The summed E-state index contributed by atoms with van der Waals surface area (Å²) in [7, 11) is 0. The van der Waals surface area contributed by atoms with Crippen LogP contribution in [0.15, 0.2) is 30.3 Å². The van der Waals surface area contributed by atoms with E-state index in [1.54, 1.807) is 0 Å². The van der Waals surface area contributed by atoms with Crippen molar-refractivity contribution in [3.8, 4) is 6.07 Å². The van der Waals surface area contributed by atoms with Crippen LogP contribution in [0.2, 0.25) is 0 Å². The molecule has 1 aromatic rings. The highest BCUT2D eigenvalue weighted by Gasteiger charge is 2.27. The van der Waals surface area contributed by atoms with E-state index in [1.165, 1.54) is 0 Å². The molecule has 88 valence electrons. The van der Waals surface area contributed by atoms with Crippen molar-refractivity contribution in [2.75, 3.05) is 5.32 Å². The van der Waals surface area contributed by atoms with Gasteiger partial charge < -0.3 is 10.6 Å². The van der Waals surface area contributed by atoms with Gasteiger partial charge in [-0.2, -0.15) is 5.26 Å². The Morgan fingerprint density at radius 2 is 2.06 bits per heavy atom. The van der Waals surface area contributed by atoms with Crippen LogP contribution in [0.1, 0.15) is 19.3 Å². The maximum atomic E-state index is 8.99. The molecule has 0 heterocycles.